The number of hydrogen-bond acceptors (Lipinski definition) is 8. The van der Waals surface area contributed by atoms with Crippen molar-refractivity contribution in [3.8, 4) is 0 Å². The lowest BCUT2D eigenvalue weighted by molar-refractivity contribution is -0.332. The highest BCUT2D eigenvalue weighted by Crippen LogP contribution is 2.76. The zero-order valence-corrected chi connectivity index (χ0v) is 28.5. The number of aliphatic hydroxyl groups excluding tert-OH is 5. The molecule has 0 aromatic rings. The number of ether oxygens (including phenoxy) is 2. The Morgan fingerprint density at radius 3 is 2.18 bits per heavy atom. The van der Waals surface area contributed by atoms with Gasteiger partial charge in [-0.05, 0) is 124 Å². The second kappa shape index (κ2) is 11.8. The number of aliphatic hydroxyl groups is 6. The molecule has 0 amide bonds. The summed E-state index contributed by atoms with van der Waals surface area (Å²) in [6, 6.07) is 0. The van der Waals surface area contributed by atoms with Crippen LogP contribution in [0.15, 0.2) is 11.6 Å². The largest absolute Gasteiger partial charge is 0.394 e. The number of rotatable bonds is 7. The van der Waals surface area contributed by atoms with Crippen molar-refractivity contribution in [2.45, 2.75) is 162 Å². The Hall–Kier alpha value is -0.580. The van der Waals surface area contributed by atoms with Crippen LogP contribution < -0.4 is 0 Å². The van der Waals surface area contributed by atoms with Crippen molar-refractivity contribution in [1.82, 2.24) is 0 Å². The lowest BCUT2D eigenvalue weighted by Crippen LogP contribution is -2.67. The van der Waals surface area contributed by atoms with Crippen molar-refractivity contribution in [3.05, 3.63) is 11.6 Å². The van der Waals surface area contributed by atoms with Gasteiger partial charge in [0.05, 0.1) is 24.4 Å². The first-order valence-corrected chi connectivity index (χ1v) is 17.3. The molecule has 8 heteroatoms. The Labute approximate surface area is 265 Å². The van der Waals surface area contributed by atoms with Crippen molar-refractivity contribution in [3.63, 3.8) is 0 Å². The summed E-state index contributed by atoms with van der Waals surface area (Å²) >= 11 is 0. The molecular formula is C36H62O8. The second-order valence-corrected chi connectivity index (χ2v) is 17.3. The van der Waals surface area contributed by atoms with Crippen LogP contribution in [0.2, 0.25) is 0 Å². The van der Waals surface area contributed by atoms with E-state index in [1.165, 1.54) is 5.57 Å². The first-order valence-electron chi connectivity index (χ1n) is 17.3. The summed E-state index contributed by atoms with van der Waals surface area (Å²) in [4.78, 5) is 0. The molecule has 4 aliphatic carbocycles. The quantitative estimate of drug-likeness (QED) is 0.182. The van der Waals surface area contributed by atoms with E-state index in [-0.39, 0.29) is 39.6 Å². The van der Waals surface area contributed by atoms with Crippen LogP contribution in [0, 0.1) is 45.3 Å². The van der Waals surface area contributed by atoms with Crippen molar-refractivity contribution in [2.75, 3.05) is 6.61 Å². The molecule has 15 atom stereocenters. The summed E-state index contributed by atoms with van der Waals surface area (Å²) in [5, 5.41) is 64.8. The van der Waals surface area contributed by atoms with E-state index in [1.54, 1.807) is 0 Å². The summed E-state index contributed by atoms with van der Waals surface area (Å²) in [5.41, 5.74) is 0.122. The van der Waals surface area contributed by atoms with Gasteiger partial charge in [0.15, 0.2) is 6.29 Å². The van der Waals surface area contributed by atoms with E-state index in [0.29, 0.717) is 18.3 Å². The van der Waals surface area contributed by atoms with Gasteiger partial charge in [0.2, 0.25) is 0 Å². The molecule has 5 aliphatic rings. The molecule has 0 bridgehead atoms. The highest BCUT2D eigenvalue weighted by Gasteiger charge is 2.71. The van der Waals surface area contributed by atoms with Gasteiger partial charge in [0.25, 0.3) is 0 Å². The number of hydrogen-bond donors (Lipinski definition) is 6. The van der Waals surface area contributed by atoms with Gasteiger partial charge in [-0.2, -0.15) is 0 Å². The van der Waals surface area contributed by atoms with Crippen molar-refractivity contribution < 1.29 is 40.1 Å². The molecule has 44 heavy (non-hydrogen) atoms. The molecule has 1 aliphatic heterocycles. The molecule has 4 saturated carbocycles. The van der Waals surface area contributed by atoms with Crippen LogP contribution in [0.25, 0.3) is 0 Å². The fraction of sp³-hybridized carbons (Fsp3) is 0.944. The third kappa shape index (κ3) is 5.26. The minimum absolute atomic E-state index is 0.0231. The maximum absolute atomic E-state index is 12.0. The minimum atomic E-state index is -1.46. The Kier molecular flexibility index (Phi) is 9.35. The molecule has 1 heterocycles. The van der Waals surface area contributed by atoms with E-state index in [0.717, 1.165) is 51.4 Å². The van der Waals surface area contributed by atoms with Crippen LogP contribution in [0.3, 0.4) is 0 Å². The Bertz CT molecular complexity index is 1070. The number of fused-ring (bicyclic) bond motifs is 5. The lowest BCUT2D eigenvalue weighted by atomic mass is 9.35. The normalized spacial score (nSPS) is 51.5. The second-order valence-electron chi connectivity index (χ2n) is 17.3. The van der Waals surface area contributed by atoms with Crippen molar-refractivity contribution in [1.29, 1.82) is 0 Å². The van der Waals surface area contributed by atoms with Gasteiger partial charge < -0.3 is 40.1 Å². The zero-order chi connectivity index (χ0) is 32.6. The summed E-state index contributed by atoms with van der Waals surface area (Å²) in [6.07, 6.45) is 3.15. The summed E-state index contributed by atoms with van der Waals surface area (Å²) in [5.74, 6) is 0.792. The third-order valence-electron chi connectivity index (χ3n) is 14.5. The number of allylic oxidation sites excluding steroid dienone is 2. The van der Waals surface area contributed by atoms with E-state index in [9.17, 15) is 30.6 Å². The maximum atomic E-state index is 12.0. The van der Waals surface area contributed by atoms with E-state index in [4.69, 9.17) is 9.47 Å². The van der Waals surface area contributed by atoms with Crippen LogP contribution in [-0.4, -0.2) is 85.8 Å². The molecular weight excluding hydrogens is 560 g/mol. The van der Waals surface area contributed by atoms with Crippen LogP contribution in [0.5, 0.6) is 0 Å². The minimum Gasteiger partial charge on any atom is -0.394 e. The average Bonchev–Trinajstić information content (AvgIpc) is 3.32. The van der Waals surface area contributed by atoms with Gasteiger partial charge in [-0.25, -0.2) is 0 Å². The Balaban J connectivity index is 1.37. The molecule has 8 nitrogen and oxygen atoms in total. The van der Waals surface area contributed by atoms with E-state index in [2.05, 4.69) is 54.5 Å². The van der Waals surface area contributed by atoms with Crippen LogP contribution in [0.1, 0.15) is 113 Å². The van der Waals surface area contributed by atoms with Crippen molar-refractivity contribution >= 4 is 0 Å². The Morgan fingerprint density at radius 1 is 0.886 bits per heavy atom. The lowest BCUT2D eigenvalue weighted by Gasteiger charge is -2.70. The third-order valence-corrected chi connectivity index (χ3v) is 14.5. The highest BCUT2D eigenvalue weighted by molar-refractivity contribution is 5.20. The predicted molar refractivity (Wildman–Crippen MR) is 168 cm³/mol. The zero-order valence-electron chi connectivity index (χ0n) is 28.5. The van der Waals surface area contributed by atoms with E-state index < -0.39 is 49.0 Å². The monoisotopic (exact) mass is 622 g/mol. The first kappa shape index (κ1) is 34.7. The average molecular weight is 623 g/mol. The molecule has 5 rings (SSSR count). The fourth-order valence-corrected chi connectivity index (χ4v) is 11.9. The highest BCUT2D eigenvalue weighted by atomic mass is 16.7. The van der Waals surface area contributed by atoms with Crippen LogP contribution in [-0.2, 0) is 9.47 Å². The fourth-order valence-electron chi connectivity index (χ4n) is 11.9. The summed E-state index contributed by atoms with van der Waals surface area (Å²) < 4.78 is 12.2. The Morgan fingerprint density at radius 2 is 1.55 bits per heavy atom. The SMILES string of the molecule is CC(C)=CCC[C@](C)(O)[C@H]1CC[C@@]2(C)[C@H]1[C@@H](O)C[C@@H]1[C@@]3(C)CC[C@@H](O[C@@H]4O[C@H](CO)[C@@H](O)[C@H](O)[C@H]4O)C(C)(C)[C@H]3CC[C@]12C. The predicted octanol–water partition coefficient (Wildman–Crippen LogP) is 4.32. The van der Waals surface area contributed by atoms with Gasteiger partial charge in [-0.3, -0.25) is 0 Å². The smallest absolute Gasteiger partial charge is 0.186 e. The van der Waals surface area contributed by atoms with Crippen LogP contribution in [0.4, 0.5) is 0 Å². The van der Waals surface area contributed by atoms with Gasteiger partial charge in [-0.15, -0.1) is 0 Å². The van der Waals surface area contributed by atoms with E-state index in [1.807, 2.05) is 6.92 Å². The molecule has 5 fully saturated rings. The standard InChI is InChI=1S/C36H62O8/c1-20(2)10-9-14-36(8,42)21-11-16-35(7)27(21)22(38)18-25-33(5)15-13-26(32(3,4)24(33)12-17-34(25,35)6)44-31-30(41)29(40)28(39)23(19-37)43-31/h10,21-31,37-42H,9,11-19H2,1-8H3/t21-,22-,23+,24+,25+,26+,27+,28+,29-,30+,31-,33-,34+,35-,36-/m0/s1. The molecule has 0 aromatic carbocycles. The molecule has 0 unspecified atom stereocenters. The maximum Gasteiger partial charge on any atom is 0.186 e. The van der Waals surface area contributed by atoms with Crippen molar-refractivity contribution in [2.24, 2.45) is 45.3 Å². The molecule has 6 N–H and O–H groups in total. The molecule has 0 aromatic heterocycles. The van der Waals surface area contributed by atoms with Gasteiger partial charge >= 0.3 is 0 Å². The van der Waals surface area contributed by atoms with Gasteiger partial charge in [0.1, 0.15) is 24.4 Å². The van der Waals surface area contributed by atoms with Crippen LogP contribution >= 0.6 is 0 Å². The first-order chi connectivity index (χ1) is 20.3. The van der Waals surface area contributed by atoms with Gasteiger partial charge in [-0.1, -0.05) is 46.3 Å². The van der Waals surface area contributed by atoms with Gasteiger partial charge in [0, 0.05) is 0 Å². The molecule has 254 valence electrons. The summed E-state index contributed by atoms with van der Waals surface area (Å²) in [7, 11) is 0. The summed E-state index contributed by atoms with van der Waals surface area (Å²) in [6.45, 7) is 17.5. The van der Waals surface area contributed by atoms with E-state index >= 15 is 0 Å². The molecule has 1 saturated heterocycles. The molecule has 0 spiro atoms. The topological polar surface area (TPSA) is 140 Å². The molecule has 0 radical (unpaired) electrons.